The quantitative estimate of drug-likeness (QED) is 0.465. The maximum atomic E-state index is 6.19. The summed E-state index contributed by atoms with van der Waals surface area (Å²) >= 11 is 7.27. The lowest BCUT2D eigenvalue weighted by Crippen LogP contribution is -2.21. The van der Waals surface area contributed by atoms with E-state index < -0.39 is 0 Å². The van der Waals surface area contributed by atoms with Crippen LogP contribution in [0.3, 0.4) is 0 Å². The molecular weight excluding hydrogens is 416 g/mol. The third kappa shape index (κ3) is 5.22. The summed E-state index contributed by atoms with van der Waals surface area (Å²) in [7, 11) is 0. The molecule has 0 amide bonds. The molecule has 0 spiro atoms. The van der Waals surface area contributed by atoms with Crippen molar-refractivity contribution in [2.45, 2.75) is 53.4 Å². The van der Waals surface area contributed by atoms with E-state index in [-0.39, 0.29) is 10.8 Å². The molecule has 0 saturated carbocycles. The number of benzene rings is 1. The molecule has 1 nitrogen and oxygen atoms in total. The van der Waals surface area contributed by atoms with Crippen LogP contribution in [0, 0.1) is 11.3 Å². The summed E-state index contributed by atoms with van der Waals surface area (Å²) in [6, 6.07) is 6.32. The molecule has 1 aliphatic carbocycles. The third-order valence-electron chi connectivity index (χ3n) is 4.16. The lowest BCUT2D eigenvalue weighted by atomic mass is 9.77. The Morgan fingerprint density at radius 3 is 2.22 bits per heavy atom. The maximum absolute atomic E-state index is 6.19. The van der Waals surface area contributed by atoms with Gasteiger partial charge in [-0.1, -0.05) is 73.4 Å². The highest BCUT2D eigenvalue weighted by Crippen LogP contribution is 2.39. The van der Waals surface area contributed by atoms with Crippen LogP contribution in [0.2, 0.25) is 0 Å². The zero-order chi connectivity index (χ0) is 17.4. The average molecular weight is 442 g/mol. The Morgan fingerprint density at radius 1 is 1.00 bits per heavy atom. The van der Waals surface area contributed by atoms with Gasteiger partial charge < -0.3 is 4.74 Å². The van der Waals surface area contributed by atoms with Gasteiger partial charge in [0, 0.05) is 4.47 Å². The smallest absolute Gasteiger partial charge is 0.128 e. The first-order chi connectivity index (χ1) is 10.4. The topological polar surface area (TPSA) is 9.23 Å². The molecule has 0 saturated heterocycles. The highest BCUT2D eigenvalue weighted by molar-refractivity contribution is 9.11. The number of halogens is 2. The summed E-state index contributed by atoms with van der Waals surface area (Å²) in [5.41, 5.74) is 1.57. The Hall–Kier alpha value is -0.540. The molecule has 3 heteroatoms. The minimum atomic E-state index is 0.0905. The van der Waals surface area contributed by atoms with Crippen molar-refractivity contribution in [3.8, 4) is 5.75 Å². The standard InChI is InChI=1S/C20H26Br2O/c1-19(2,3)13-7-15(21)11-17(9-13)23-18-10-14(20(4,5)6)8-16(22)12-18/h7,9-12,14H,8H2,1-6H3. The molecule has 23 heavy (non-hydrogen) atoms. The lowest BCUT2D eigenvalue weighted by Gasteiger charge is -2.31. The molecule has 0 bridgehead atoms. The average Bonchev–Trinajstić information content (AvgIpc) is 2.35. The summed E-state index contributed by atoms with van der Waals surface area (Å²) in [6.07, 6.45) is 5.37. The monoisotopic (exact) mass is 440 g/mol. The Labute approximate surface area is 157 Å². The van der Waals surface area contributed by atoms with E-state index in [0.717, 1.165) is 22.4 Å². The SMILES string of the molecule is CC(C)(C)c1cc(Br)cc(OC2=CC(C(C)(C)C)CC(Br)=C2)c1. The fraction of sp³-hybridized carbons (Fsp3) is 0.500. The fourth-order valence-electron chi connectivity index (χ4n) is 2.54. The molecule has 126 valence electrons. The summed E-state index contributed by atoms with van der Waals surface area (Å²) in [6.45, 7) is 13.5. The molecule has 0 heterocycles. The van der Waals surface area contributed by atoms with Gasteiger partial charge in [-0.15, -0.1) is 0 Å². The minimum Gasteiger partial charge on any atom is -0.458 e. The Kier molecular flexibility index (Phi) is 5.52. The lowest BCUT2D eigenvalue weighted by molar-refractivity contribution is 0.282. The molecule has 0 fully saturated rings. The van der Waals surface area contributed by atoms with Crippen LogP contribution < -0.4 is 4.74 Å². The van der Waals surface area contributed by atoms with Gasteiger partial charge in [-0.25, -0.2) is 0 Å². The van der Waals surface area contributed by atoms with Gasteiger partial charge in [-0.3, -0.25) is 0 Å². The van der Waals surface area contributed by atoms with Crippen molar-refractivity contribution >= 4 is 31.9 Å². The molecule has 0 radical (unpaired) electrons. The normalized spacial score (nSPS) is 19.2. The van der Waals surface area contributed by atoms with E-state index in [1.807, 2.05) is 6.07 Å². The predicted molar refractivity (Wildman–Crippen MR) is 106 cm³/mol. The van der Waals surface area contributed by atoms with Crippen LogP contribution >= 0.6 is 31.9 Å². The van der Waals surface area contributed by atoms with E-state index in [0.29, 0.717) is 5.92 Å². The second-order valence-electron chi connectivity index (χ2n) is 8.36. The van der Waals surface area contributed by atoms with Crippen molar-refractivity contribution in [1.29, 1.82) is 0 Å². The molecule has 1 unspecified atom stereocenters. The largest absolute Gasteiger partial charge is 0.458 e. The van der Waals surface area contributed by atoms with E-state index in [1.54, 1.807) is 0 Å². The van der Waals surface area contributed by atoms with Crippen molar-refractivity contribution in [3.63, 3.8) is 0 Å². The van der Waals surface area contributed by atoms with E-state index in [4.69, 9.17) is 4.74 Å². The molecule has 0 aromatic heterocycles. The maximum Gasteiger partial charge on any atom is 0.128 e. The second-order valence-corrected chi connectivity index (χ2v) is 10.3. The van der Waals surface area contributed by atoms with Gasteiger partial charge in [0.25, 0.3) is 0 Å². The molecule has 0 N–H and O–H groups in total. The van der Waals surface area contributed by atoms with E-state index in [2.05, 4.69) is 97.7 Å². The summed E-state index contributed by atoms with van der Waals surface area (Å²) in [4.78, 5) is 0. The van der Waals surface area contributed by atoms with E-state index >= 15 is 0 Å². The van der Waals surface area contributed by atoms with E-state index in [1.165, 1.54) is 10.0 Å². The van der Waals surface area contributed by atoms with Crippen molar-refractivity contribution in [2.75, 3.05) is 0 Å². The highest BCUT2D eigenvalue weighted by atomic mass is 79.9. The zero-order valence-corrected chi connectivity index (χ0v) is 18.0. The first kappa shape index (κ1) is 18.8. The summed E-state index contributed by atoms with van der Waals surface area (Å²) in [5, 5.41) is 0. The molecular formula is C20H26Br2O. The van der Waals surface area contributed by atoms with Gasteiger partial charge in [-0.2, -0.15) is 0 Å². The van der Waals surface area contributed by atoms with Crippen LogP contribution in [-0.2, 0) is 5.41 Å². The molecule has 1 aromatic carbocycles. The molecule has 1 aliphatic rings. The van der Waals surface area contributed by atoms with Crippen molar-refractivity contribution in [1.82, 2.24) is 0 Å². The first-order valence-corrected chi connectivity index (χ1v) is 9.60. The highest BCUT2D eigenvalue weighted by Gasteiger charge is 2.27. The summed E-state index contributed by atoms with van der Waals surface area (Å²) in [5.74, 6) is 2.26. The van der Waals surface area contributed by atoms with Crippen LogP contribution in [-0.4, -0.2) is 0 Å². The van der Waals surface area contributed by atoms with Crippen LogP contribution in [0.15, 0.2) is 45.1 Å². The Morgan fingerprint density at radius 2 is 1.65 bits per heavy atom. The fourth-order valence-corrected chi connectivity index (χ4v) is 3.59. The van der Waals surface area contributed by atoms with Gasteiger partial charge in [0.05, 0.1) is 0 Å². The molecule has 0 aliphatic heterocycles. The third-order valence-corrected chi connectivity index (χ3v) is 5.18. The van der Waals surface area contributed by atoms with Crippen LogP contribution in [0.1, 0.15) is 53.5 Å². The summed E-state index contributed by atoms with van der Waals surface area (Å²) < 4.78 is 8.44. The van der Waals surface area contributed by atoms with Crippen molar-refractivity contribution in [3.05, 3.63) is 50.6 Å². The first-order valence-electron chi connectivity index (χ1n) is 8.02. The van der Waals surface area contributed by atoms with Gasteiger partial charge in [0.2, 0.25) is 0 Å². The minimum absolute atomic E-state index is 0.0905. The van der Waals surface area contributed by atoms with Crippen molar-refractivity contribution < 1.29 is 4.74 Å². The molecule has 1 atom stereocenters. The van der Waals surface area contributed by atoms with Gasteiger partial charge in [-0.05, 0) is 63.6 Å². The predicted octanol–water partition coefficient (Wildman–Crippen LogP) is 7.35. The van der Waals surface area contributed by atoms with Gasteiger partial charge in [0.1, 0.15) is 11.5 Å². The molecule has 1 aromatic rings. The van der Waals surface area contributed by atoms with Crippen LogP contribution in [0.5, 0.6) is 5.75 Å². The number of allylic oxidation sites excluding steroid dienone is 3. The van der Waals surface area contributed by atoms with Crippen molar-refractivity contribution in [2.24, 2.45) is 11.3 Å². The van der Waals surface area contributed by atoms with Gasteiger partial charge >= 0.3 is 0 Å². The number of rotatable bonds is 2. The number of ether oxygens (including phenoxy) is 1. The Balaban J connectivity index is 2.31. The number of hydrogen-bond donors (Lipinski definition) is 0. The Bertz CT molecular complexity index is 643. The van der Waals surface area contributed by atoms with Gasteiger partial charge in [0.15, 0.2) is 0 Å². The van der Waals surface area contributed by atoms with Crippen LogP contribution in [0.4, 0.5) is 0 Å². The second kappa shape index (κ2) is 6.76. The molecule has 2 rings (SSSR count). The van der Waals surface area contributed by atoms with Crippen LogP contribution in [0.25, 0.3) is 0 Å². The van der Waals surface area contributed by atoms with E-state index in [9.17, 15) is 0 Å². The zero-order valence-electron chi connectivity index (χ0n) is 14.8. The number of hydrogen-bond acceptors (Lipinski definition) is 1.